The predicted molar refractivity (Wildman–Crippen MR) is 73.2 cm³/mol. The summed E-state index contributed by atoms with van der Waals surface area (Å²) in [5.74, 6) is 0.697. The smallest absolute Gasteiger partial charge is 0.261 e. The van der Waals surface area contributed by atoms with Gasteiger partial charge in [-0.15, -0.1) is 0 Å². The molecule has 0 atom stereocenters. The molecular weight excluding hydrogens is 242 g/mol. The molecule has 1 fully saturated rings. The van der Waals surface area contributed by atoms with Crippen molar-refractivity contribution in [3.63, 3.8) is 0 Å². The zero-order valence-electron chi connectivity index (χ0n) is 11.5. The van der Waals surface area contributed by atoms with Gasteiger partial charge in [-0.05, 0) is 36.8 Å². The van der Waals surface area contributed by atoms with Crippen LogP contribution in [0.3, 0.4) is 0 Å². The zero-order valence-corrected chi connectivity index (χ0v) is 11.5. The van der Waals surface area contributed by atoms with Crippen LogP contribution in [0.4, 0.5) is 0 Å². The Morgan fingerprint density at radius 1 is 1.21 bits per heavy atom. The van der Waals surface area contributed by atoms with Gasteiger partial charge in [0.2, 0.25) is 0 Å². The average Bonchev–Trinajstić information content (AvgIpc) is 2.38. The normalized spacial score (nSPS) is 16.9. The highest BCUT2D eigenvalue weighted by Crippen LogP contribution is 2.30. The topological polar surface area (TPSA) is 60.8 Å². The molecule has 2 rings (SSSR count). The molecule has 0 aromatic heterocycles. The quantitative estimate of drug-likeness (QED) is 0.862. The Morgan fingerprint density at radius 3 is 2.21 bits per heavy atom. The summed E-state index contributed by atoms with van der Waals surface area (Å²) in [6, 6.07) is 4.37. The van der Waals surface area contributed by atoms with E-state index in [9.17, 15) is 15.0 Å². The molecular formula is C15H21NO3. The summed E-state index contributed by atoms with van der Waals surface area (Å²) in [6.07, 6.45) is 1.97. The standard InChI is InChI=1S/C15H21NO3/c1-10(2)11-6-8-16(9-7-11)15(19)14-12(17)4-3-5-13(14)18/h3-5,10-11,17-18H,6-9H2,1-2H3. The van der Waals surface area contributed by atoms with Gasteiger partial charge in [-0.2, -0.15) is 0 Å². The highest BCUT2D eigenvalue weighted by molar-refractivity contribution is 5.99. The molecule has 0 bridgehead atoms. The molecule has 0 unspecified atom stereocenters. The lowest BCUT2D eigenvalue weighted by molar-refractivity contribution is 0.0661. The van der Waals surface area contributed by atoms with Gasteiger partial charge in [0, 0.05) is 13.1 Å². The molecule has 0 spiro atoms. The van der Waals surface area contributed by atoms with Crippen molar-refractivity contribution in [2.45, 2.75) is 26.7 Å². The number of phenolic OH excluding ortho intramolecular Hbond substituents is 2. The lowest BCUT2D eigenvalue weighted by Gasteiger charge is -2.34. The van der Waals surface area contributed by atoms with E-state index in [0.29, 0.717) is 24.9 Å². The van der Waals surface area contributed by atoms with Crippen LogP contribution in [-0.4, -0.2) is 34.1 Å². The third kappa shape index (κ3) is 2.83. The van der Waals surface area contributed by atoms with Crippen molar-refractivity contribution in [1.29, 1.82) is 0 Å². The number of hydrogen-bond acceptors (Lipinski definition) is 3. The SMILES string of the molecule is CC(C)C1CCN(C(=O)c2c(O)cccc2O)CC1. The number of likely N-dealkylation sites (tertiary alicyclic amines) is 1. The van der Waals surface area contributed by atoms with Gasteiger partial charge in [-0.25, -0.2) is 0 Å². The maximum Gasteiger partial charge on any atom is 0.261 e. The number of carbonyl (C=O) groups excluding carboxylic acids is 1. The Hall–Kier alpha value is -1.71. The molecule has 0 radical (unpaired) electrons. The minimum absolute atomic E-state index is 0.0190. The second-order valence-corrected chi connectivity index (χ2v) is 5.54. The van der Waals surface area contributed by atoms with E-state index >= 15 is 0 Å². The Kier molecular flexibility index (Phi) is 3.98. The van der Waals surface area contributed by atoms with E-state index in [-0.39, 0.29) is 23.0 Å². The number of hydrogen-bond donors (Lipinski definition) is 2. The van der Waals surface area contributed by atoms with Crippen LogP contribution in [0.25, 0.3) is 0 Å². The molecule has 0 saturated carbocycles. The van der Waals surface area contributed by atoms with Crippen LogP contribution >= 0.6 is 0 Å². The van der Waals surface area contributed by atoms with Crippen LogP contribution < -0.4 is 0 Å². The van der Waals surface area contributed by atoms with Crippen molar-refractivity contribution < 1.29 is 15.0 Å². The highest BCUT2D eigenvalue weighted by Gasteiger charge is 2.27. The first kappa shape index (κ1) is 13.7. The Morgan fingerprint density at radius 2 is 1.74 bits per heavy atom. The molecule has 1 aliphatic heterocycles. The summed E-state index contributed by atoms with van der Waals surface area (Å²) in [4.78, 5) is 14.0. The molecule has 4 heteroatoms. The summed E-state index contributed by atoms with van der Waals surface area (Å²) in [5, 5.41) is 19.5. The van der Waals surface area contributed by atoms with Crippen molar-refractivity contribution in [2.75, 3.05) is 13.1 Å². The van der Waals surface area contributed by atoms with Gasteiger partial charge in [-0.3, -0.25) is 4.79 Å². The van der Waals surface area contributed by atoms with Crippen LogP contribution in [0.1, 0.15) is 37.0 Å². The lowest BCUT2D eigenvalue weighted by atomic mass is 9.86. The third-order valence-corrected chi connectivity index (χ3v) is 4.00. The molecule has 4 nitrogen and oxygen atoms in total. The van der Waals surface area contributed by atoms with Crippen LogP contribution in [0, 0.1) is 11.8 Å². The van der Waals surface area contributed by atoms with Gasteiger partial charge in [0.1, 0.15) is 17.1 Å². The number of carbonyl (C=O) groups is 1. The molecule has 1 heterocycles. The number of aromatic hydroxyl groups is 2. The number of nitrogens with zero attached hydrogens (tertiary/aromatic N) is 1. The summed E-state index contributed by atoms with van der Waals surface area (Å²) in [6.45, 7) is 5.79. The van der Waals surface area contributed by atoms with Gasteiger partial charge in [-0.1, -0.05) is 19.9 Å². The van der Waals surface area contributed by atoms with Crippen LogP contribution in [0.5, 0.6) is 11.5 Å². The van der Waals surface area contributed by atoms with Crippen molar-refractivity contribution in [3.05, 3.63) is 23.8 Å². The molecule has 0 aliphatic carbocycles. The summed E-state index contributed by atoms with van der Waals surface area (Å²) in [7, 11) is 0. The minimum Gasteiger partial charge on any atom is -0.507 e. The summed E-state index contributed by atoms with van der Waals surface area (Å²) in [5.41, 5.74) is 0.0190. The fraction of sp³-hybridized carbons (Fsp3) is 0.533. The second-order valence-electron chi connectivity index (χ2n) is 5.54. The van der Waals surface area contributed by atoms with Gasteiger partial charge in [0.05, 0.1) is 0 Å². The Balaban J connectivity index is 2.10. The van der Waals surface area contributed by atoms with E-state index in [4.69, 9.17) is 0 Å². The first-order valence-corrected chi connectivity index (χ1v) is 6.81. The monoisotopic (exact) mass is 263 g/mol. The molecule has 19 heavy (non-hydrogen) atoms. The van der Waals surface area contributed by atoms with Crippen molar-refractivity contribution >= 4 is 5.91 Å². The summed E-state index contributed by atoms with van der Waals surface area (Å²) < 4.78 is 0. The van der Waals surface area contributed by atoms with Crippen LogP contribution in [0.15, 0.2) is 18.2 Å². The van der Waals surface area contributed by atoms with E-state index in [1.165, 1.54) is 18.2 Å². The molecule has 1 saturated heterocycles. The second kappa shape index (κ2) is 5.51. The van der Waals surface area contributed by atoms with E-state index in [2.05, 4.69) is 13.8 Å². The van der Waals surface area contributed by atoms with Crippen molar-refractivity contribution in [3.8, 4) is 11.5 Å². The van der Waals surface area contributed by atoms with Crippen molar-refractivity contribution in [2.24, 2.45) is 11.8 Å². The number of benzene rings is 1. The first-order chi connectivity index (χ1) is 9.00. The number of amides is 1. The fourth-order valence-electron chi connectivity index (χ4n) is 2.67. The Bertz CT molecular complexity index is 442. The number of piperidine rings is 1. The van der Waals surface area contributed by atoms with Crippen LogP contribution in [0.2, 0.25) is 0 Å². The number of rotatable bonds is 2. The molecule has 1 aliphatic rings. The zero-order chi connectivity index (χ0) is 14.0. The highest BCUT2D eigenvalue weighted by atomic mass is 16.3. The molecule has 1 amide bonds. The largest absolute Gasteiger partial charge is 0.507 e. The van der Waals surface area contributed by atoms with E-state index in [1.54, 1.807) is 4.90 Å². The van der Waals surface area contributed by atoms with Gasteiger partial charge < -0.3 is 15.1 Å². The fourth-order valence-corrected chi connectivity index (χ4v) is 2.67. The molecule has 2 N–H and O–H groups in total. The maximum atomic E-state index is 12.3. The third-order valence-electron chi connectivity index (χ3n) is 4.00. The van der Waals surface area contributed by atoms with E-state index in [1.807, 2.05) is 0 Å². The van der Waals surface area contributed by atoms with E-state index < -0.39 is 0 Å². The molecule has 104 valence electrons. The maximum absolute atomic E-state index is 12.3. The van der Waals surface area contributed by atoms with Gasteiger partial charge in [0.15, 0.2) is 0 Å². The Labute approximate surface area is 113 Å². The minimum atomic E-state index is -0.280. The molecule has 1 aromatic carbocycles. The van der Waals surface area contributed by atoms with Gasteiger partial charge in [0.25, 0.3) is 5.91 Å². The van der Waals surface area contributed by atoms with Gasteiger partial charge >= 0.3 is 0 Å². The first-order valence-electron chi connectivity index (χ1n) is 6.81. The summed E-state index contributed by atoms with van der Waals surface area (Å²) >= 11 is 0. The van der Waals surface area contributed by atoms with E-state index in [0.717, 1.165) is 12.8 Å². The average molecular weight is 263 g/mol. The number of phenols is 2. The lowest BCUT2D eigenvalue weighted by Crippen LogP contribution is -2.39. The predicted octanol–water partition coefficient (Wildman–Crippen LogP) is 2.61. The molecule has 1 aromatic rings. The van der Waals surface area contributed by atoms with Crippen LogP contribution in [-0.2, 0) is 0 Å². The van der Waals surface area contributed by atoms with Crippen molar-refractivity contribution in [1.82, 2.24) is 4.90 Å².